The third kappa shape index (κ3) is 3.75. The number of hydrogen-bond donors (Lipinski definition) is 4. The maximum absolute atomic E-state index is 11.4. The molecule has 1 saturated carbocycles. The van der Waals surface area contributed by atoms with Crippen molar-refractivity contribution >= 4 is 17.5 Å². The summed E-state index contributed by atoms with van der Waals surface area (Å²) in [7, 11) is 2.14. The lowest BCUT2D eigenvalue weighted by molar-refractivity contribution is 0.263. The lowest BCUT2D eigenvalue weighted by atomic mass is 10.1. The predicted molar refractivity (Wildman–Crippen MR) is 108 cm³/mol. The van der Waals surface area contributed by atoms with E-state index in [4.69, 9.17) is 9.98 Å². The quantitative estimate of drug-likeness (QED) is 0.474. The van der Waals surface area contributed by atoms with Gasteiger partial charge in [-0.2, -0.15) is 9.61 Å². The van der Waals surface area contributed by atoms with Gasteiger partial charge in [-0.05, 0) is 51.9 Å². The van der Waals surface area contributed by atoms with Crippen molar-refractivity contribution in [3.63, 3.8) is 0 Å². The van der Waals surface area contributed by atoms with Crippen molar-refractivity contribution < 1.29 is 5.11 Å². The standard InChI is InChI=1S/C19H24N8O2/c1-26-6-4-13(5-7-26)21-15-9-16(22-12-2-3-12)27-17(24-15)11(10-20-27)8-14-18(28)25-19(29)23-14/h8-10,12-13,21,28H,2-7H2,1H3,(H2,23,25,29)/b11-8+,22-16?. The van der Waals surface area contributed by atoms with Crippen LogP contribution in [0.1, 0.15) is 31.4 Å². The number of fused-ring (bicyclic) bond motifs is 1. The molecule has 4 heterocycles. The third-order valence-corrected chi connectivity index (χ3v) is 5.45. The Labute approximate surface area is 166 Å². The van der Waals surface area contributed by atoms with E-state index in [2.05, 4.69) is 32.3 Å². The van der Waals surface area contributed by atoms with E-state index in [-0.39, 0.29) is 5.88 Å². The Kier molecular flexibility index (Phi) is 4.35. The van der Waals surface area contributed by atoms with Gasteiger partial charge < -0.3 is 20.3 Å². The number of piperidine rings is 1. The van der Waals surface area contributed by atoms with Crippen LogP contribution in [-0.2, 0) is 0 Å². The first-order valence-electron chi connectivity index (χ1n) is 9.96. The maximum Gasteiger partial charge on any atom is 0.326 e. The molecule has 152 valence electrons. The first-order chi connectivity index (χ1) is 14.0. The van der Waals surface area contributed by atoms with Crippen LogP contribution in [0.5, 0.6) is 5.88 Å². The first kappa shape index (κ1) is 17.9. The van der Waals surface area contributed by atoms with Crippen molar-refractivity contribution in [3.8, 4) is 5.88 Å². The first-order valence-corrected chi connectivity index (χ1v) is 9.96. The van der Waals surface area contributed by atoms with Gasteiger partial charge in [0.1, 0.15) is 11.5 Å². The van der Waals surface area contributed by atoms with Crippen LogP contribution in [0.4, 0.5) is 5.82 Å². The summed E-state index contributed by atoms with van der Waals surface area (Å²) in [5.74, 6) is 0.561. The number of nitrogens with zero attached hydrogens (tertiary/aromatic N) is 5. The van der Waals surface area contributed by atoms with Crippen molar-refractivity contribution in [2.75, 3.05) is 25.5 Å². The number of aromatic hydroxyl groups is 1. The molecule has 0 aromatic carbocycles. The summed E-state index contributed by atoms with van der Waals surface area (Å²) in [5.41, 5.74) is 1.22. The van der Waals surface area contributed by atoms with Gasteiger partial charge in [-0.15, -0.1) is 0 Å². The minimum atomic E-state index is -0.466. The van der Waals surface area contributed by atoms with Crippen molar-refractivity contribution in [1.82, 2.24) is 29.5 Å². The number of aromatic nitrogens is 5. The summed E-state index contributed by atoms with van der Waals surface area (Å²) in [6, 6.07) is 2.67. The molecule has 5 rings (SSSR count). The smallest absolute Gasteiger partial charge is 0.326 e. The van der Waals surface area contributed by atoms with Crippen molar-refractivity contribution in [1.29, 1.82) is 0 Å². The Morgan fingerprint density at radius 1 is 1.28 bits per heavy atom. The van der Waals surface area contributed by atoms with Crippen LogP contribution in [0, 0.1) is 0 Å². The summed E-state index contributed by atoms with van der Waals surface area (Å²) in [5, 5.41) is 18.6. The second kappa shape index (κ2) is 7.03. The van der Waals surface area contributed by atoms with E-state index in [1.807, 2.05) is 6.07 Å². The highest BCUT2D eigenvalue weighted by Crippen LogP contribution is 2.22. The van der Waals surface area contributed by atoms with Crippen molar-refractivity contribution in [2.45, 2.75) is 37.8 Å². The number of likely N-dealkylation sites (tertiary alicyclic amines) is 1. The molecule has 0 unspecified atom stereocenters. The van der Waals surface area contributed by atoms with Crippen LogP contribution in [0.2, 0.25) is 0 Å². The highest BCUT2D eigenvalue weighted by Gasteiger charge is 2.21. The summed E-state index contributed by atoms with van der Waals surface area (Å²) in [6.07, 6.45) is 7.64. The van der Waals surface area contributed by atoms with Gasteiger partial charge in [0.15, 0.2) is 11.1 Å². The molecule has 10 nitrogen and oxygen atoms in total. The largest absolute Gasteiger partial charge is 0.493 e. The van der Waals surface area contributed by atoms with Crippen LogP contribution in [-0.4, -0.2) is 66.8 Å². The number of aromatic amines is 2. The highest BCUT2D eigenvalue weighted by atomic mass is 16.3. The molecule has 2 aliphatic rings. The maximum atomic E-state index is 11.4. The van der Waals surface area contributed by atoms with E-state index in [9.17, 15) is 9.90 Å². The monoisotopic (exact) mass is 396 g/mol. The van der Waals surface area contributed by atoms with Gasteiger partial charge in [-0.1, -0.05) is 0 Å². The fraction of sp³-hybridized carbons (Fsp3) is 0.474. The van der Waals surface area contributed by atoms with Crippen LogP contribution >= 0.6 is 0 Å². The van der Waals surface area contributed by atoms with Crippen LogP contribution in [0.3, 0.4) is 0 Å². The van der Waals surface area contributed by atoms with Crippen LogP contribution in [0.25, 0.3) is 11.7 Å². The average Bonchev–Trinajstić information content (AvgIpc) is 3.33. The van der Waals surface area contributed by atoms with Crippen LogP contribution < -0.4 is 21.7 Å². The molecule has 3 aromatic heterocycles. The van der Waals surface area contributed by atoms with E-state index in [1.165, 1.54) is 0 Å². The summed E-state index contributed by atoms with van der Waals surface area (Å²) >= 11 is 0. The Balaban J connectivity index is 1.59. The van der Waals surface area contributed by atoms with Crippen LogP contribution in [0.15, 0.2) is 22.1 Å². The molecule has 29 heavy (non-hydrogen) atoms. The third-order valence-electron chi connectivity index (χ3n) is 5.45. The topological polar surface area (TPSA) is 127 Å². The lowest BCUT2D eigenvalue weighted by Gasteiger charge is -2.29. The molecule has 2 fully saturated rings. The van der Waals surface area contributed by atoms with Crippen molar-refractivity contribution in [3.05, 3.63) is 39.1 Å². The second-order valence-corrected chi connectivity index (χ2v) is 7.90. The zero-order valence-corrected chi connectivity index (χ0v) is 16.2. The molecule has 0 spiro atoms. The normalized spacial score (nSPS) is 20.0. The zero-order chi connectivity index (χ0) is 20.0. The molecule has 1 aliphatic carbocycles. The minimum Gasteiger partial charge on any atom is -0.493 e. The number of rotatable bonds is 4. The SMILES string of the molecule is CN1CCC(Nc2cc(=NC3CC3)n3nc/c(=C\c4[nH]c(=O)[nH]c4O)c3n2)CC1. The fourth-order valence-electron chi connectivity index (χ4n) is 3.63. The molecule has 1 aliphatic heterocycles. The molecule has 3 aromatic rings. The number of H-pyrrole nitrogens is 2. The molecule has 0 amide bonds. The molecule has 0 radical (unpaired) electrons. The van der Waals surface area contributed by atoms with Gasteiger partial charge in [0.2, 0.25) is 5.88 Å². The zero-order valence-electron chi connectivity index (χ0n) is 16.2. The van der Waals surface area contributed by atoms with Gasteiger partial charge in [-0.3, -0.25) is 9.98 Å². The van der Waals surface area contributed by atoms with E-state index >= 15 is 0 Å². The number of nitrogens with one attached hydrogen (secondary N) is 3. The van der Waals surface area contributed by atoms with E-state index < -0.39 is 5.69 Å². The predicted octanol–water partition coefficient (Wildman–Crippen LogP) is -0.432. The van der Waals surface area contributed by atoms with Crippen molar-refractivity contribution in [2.24, 2.45) is 4.99 Å². The highest BCUT2D eigenvalue weighted by molar-refractivity contribution is 5.58. The fourth-order valence-corrected chi connectivity index (χ4v) is 3.63. The molecule has 4 N–H and O–H groups in total. The molecule has 0 atom stereocenters. The van der Waals surface area contributed by atoms with Gasteiger partial charge in [0.25, 0.3) is 0 Å². The number of anilines is 1. The molecule has 1 saturated heterocycles. The molecule has 0 bridgehead atoms. The Hall–Kier alpha value is -3.14. The summed E-state index contributed by atoms with van der Waals surface area (Å²) in [6.45, 7) is 2.12. The lowest BCUT2D eigenvalue weighted by Crippen LogP contribution is -2.37. The summed E-state index contributed by atoms with van der Waals surface area (Å²) < 4.78 is 1.71. The molecular weight excluding hydrogens is 372 g/mol. The number of imidazole rings is 1. The molecule has 10 heteroatoms. The van der Waals surface area contributed by atoms with E-state index in [0.29, 0.717) is 28.6 Å². The molecular formula is C19H24N8O2. The van der Waals surface area contributed by atoms with Gasteiger partial charge in [0, 0.05) is 17.3 Å². The van der Waals surface area contributed by atoms with Gasteiger partial charge in [0.05, 0.1) is 12.2 Å². The summed E-state index contributed by atoms with van der Waals surface area (Å²) in [4.78, 5) is 28.2. The Bertz CT molecular complexity index is 1210. The number of hydrogen-bond acceptors (Lipinski definition) is 7. The Morgan fingerprint density at radius 3 is 2.76 bits per heavy atom. The second-order valence-electron chi connectivity index (χ2n) is 7.90. The minimum absolute atomic E-state index is 0.210. The van der Waals surface area contributed by atoms with Gasteiger partial charge in [-0.25, -0.2) is 9.78 Å². The average molecular weight is 396 g/mol. The Morgan fingerprint density at radius 2 is 2.07 bits per heavy atom. The van der Waals surface area contributed by atoms with E-state index in [0.717, 1.165) is 50.1 Å². The van der Waals surface area contributed by atoms with Gasteiger partial charge >= 0.3 is 5.69 Å². The van der Waals surface area contributed by atoms with E-state index in [1.54, 1.807) is 16.8 Å².